The summed E-state index contributed by atoms with van der Waals surface area (Å²) in [6.45, 7) is -0.512. The summed E-state index contributed by atoms with van der Waals surface area (Å²) in [4.78, 5) is 34.9. The highest BCUT2D eigenvalue weighted by atomic mass is 35.5. The van der Waals surface area contributed by atoms with E-state index in [4.69, 9.17) is 16.3 Å². The molecule has 0 aliphatic heterocycles. The van der Waals surface area contributed by atoms with Gasteiger partial charge in [-0.25, -0.2) is 9.59 Å². The second-order valence-electron chi connectivity index (χ2n) is 5.85. The Kier molecular flexibility index (Phi) is 7.47. The average Bonchev–Trinajstić information content (AvgIpc) is 2.60. The monoisotopic (exact) mass is 364 g/mol. The minimum absolute atomic E-state index is 0.103. The number of nitrogens with one attached hydrogen (secondary N) is 2. The van der Waals surface area contributed by atoms with E-state index in [-0.39, 0.29) is 6.04 Å². The molecule has 1 aromatic rings. The molecular formula is C18H21ClN2O4. The normalized spacial score (nSPS) is 14.9. The molecule has 134 valence electrons. The van der Waals surface area contributed by atoms with E-state index in [0.717, 1.165) is 31.2 Å². The Balaban J connectivity index is 1.67. The fourth-order valence-corrected chi connectivity index (χ4v) is 2.68. The van der Waals surface area contributed by atoms with Gasteiger partial charge in [-0.1, -0.05) is 43.0 Å². The topological polar surface area (TPSA) is 84.5 Å². The van der Waals surface area contributed by atoms with Crippen molar-refractivity contribution in [3.63, 3.8) is 0 Å². The van der Waals surface area contributed by atoms with Crippen molar-refractivity contribution in [3.8, 4) is 0 Å². The molecule has 0 radical (unpaired) electrons. The number of hydrogen-bond donors (Lipinski definition) is 2. The molecule has 3 amide bonds. The molecule has 0 unspecified atom stereocenters. The number of hydrogen-bond acceptors (Lipinski definition) is 4. The number of carbonyl (C=O) groups is 3. The van der Waals surface area contributed by atoms with Gasteiger partial charge in [-0.3, -0.25) is 10.1 Å². The van der Waals surface area contributed by atoms with E-state index in [9.17, 15) is 14.4 Å². The number of halogens is 1. The van der Waals surface area contributed by atoms with E-state index in [1.165, 1.54) is 12.5 Å². The number of esters is 1. The summed E-state index contributed by atoms with van der Waals surface area (Å²) in [5.74, 6) is -1.33. The quantitative estimate of drug-likeness (QED) is 0.621. The van der Waals surface area contributed by atoms with E-state index < -0.39 is 24.5 Å². The summed E-state index contributed by atoms with van der Waals surface area (Å²) in [6.07, 6.45) is 7.94. The summed E-state index contributed by atoms with van der Waals surface area (Å²) in [6, 6.07) is 6.44. The van der Waals surface area contributed by atoms with Gasteiger partial charge in [0.2, 0.25) is 0 Å². The molecule has 0 atom stereocenters. The third-order valence-corrected chi connectivity index (χ3v) is 4.07. The fraction of sp³-hybridized carbons (Fsp3) is 0.389. The summed E-state index contributed by atoms with van der Waals surface area (Å²) in [5, 5.41) is 5.51. The standard InChI is InChI=1S/C18H21ClN2O4/c19-14-9-6-13(7-10-14)8-11-17(23)25-12-16(22)21-18(24)20-15-4-2-1-3-5-15/h6-11,15H,1-5,12H2,(H2,20,21,22,24)/b11-8+. The first kappa shape index (κ1) is 19.0. The first-order chi connectivity index (χ1) is 12.0. The van der Waals surface area contributed by atoms with Crippen molar-refractivity contribution in [2.45, 2.75) is 38.1 Å². The Labute approximate surface area is 151 Å². The van der Waals surface area contributed by atoms with Crippen molar-refractivity contribution >= 4 is 35.6 Å². The van der Waals surface area contributed by atoms with Crippen molar-refractivity contribution in [2.24, 2.45) is 0 Å². The molecule has 0 heterocycles. The predicted molar refractivity (Wildman–Crippen MR) is 95.0 cm³/mol. The van der Waals surface area contributed by atoms with Crippen LogP contribution in [0, 0.1) is 0 Å². The van der Waals surface area contributed by atoms with Crippen LogP contribution < -0.4 is 10.6 Å². The maximum atomic E-state index is 11.7. The summed E-state index contributed by atoms with van der Waals surface area (Å²) < 4.78 is 4.80. The third kappa shape index (κ3) is 7.39. The maximum absolute atomic E-state index is 11.7. The van der Waals surface area contributed by atoms with Crippen molar-refractivity contribution < 1.29 is 19.1 Å². The van der Waals surface area contributed by atoms with Gasteiger partial charge in [0.15, 0.2) is 6.61 Å². The largest absolute Gasteiger partial charge is 0.452 e. The molecule has 0 aromatic heterocycles. The molecule has 0 spiro atoms. The Morgan fingerprint density at radius 2 is 1.80 bits per heavy atom. The van der Waals surface area contributed by atoms with Crippen molar-refractivity contribution in [1.82, 2.24) is 10.6 Å². The van der Waals surface area contributed by atoms with Crippen LogP contribution in [0.3, 0.4) is 0 Å². The van der Waals surface area contributed by atoms with Gasteiger partial charge >= 0.3 is 12.0 Å². The molecular weight excluding hydrogens is 344 g/mol. The number of carbonyl (C=O) groups excluding carboxylic acids is 3. The van der Waals surface area contributed by atoms with Crippen LogP contribution in [0.2, 0.25) is 5.02 Å². The SMILES string of the molecule is O=C(COC(=O)/C=C/c1ccc(Cl)cc1)NC(=O)NC1CCCCC1. The third-order valence-electron chi connectivity index (χ3n) is 3.82. The van der Waals surface area contributed by atoms with Crippen LogP contribution >= 0.6 is 11.6 Å². The Morgan fingerprint density at radius 3 is 2.48 bits per heavy atom. The van der Waals surface area contributed by atoms with Gasteiger partial charge in [-0.05, 0) is 36.6 Å². The van der Waals surface area contributed by atoms with Gasteiger partial charge in [-0.15, -0.1) is 0 Å². The number of benzene rings is 1. The molecule has 1 aliphatic rings. The first-order valence-corrected chi connectivity index (χ1v) is 8.61. The molecule has 7 heteroatoms. The van der Waals surface area contributed by atoms with Crippen LogP contribution in [0.5, 0.6) is 0 Å². The fourth-order valence-electron chi connectivity index (χ4n) is 2.55. The smallest absolute Gasteiger partial charge is 0.331 e. The van der Waals surface area contributed by atoms with Crippen molar-refractivity contribution in [3.05, 3.63) is 40.9 Å². The molecule has 1 aliphatic carbocycles. The molecule has 0 bridgehead atoms. The lowest BCUT2D eigenvalue weighted by Gasteiger charge is -2.22. The zero-order valence-corrected chi connectivity index (χ0v) is 14.6. The minimum Gasteiger partial charge on any atom is -0.452 e. The van der Waals surface area contributed by atoms with Crippen molar-refractivity contribution in [2.75, 3.05) is 6.61 Å². The number of ether oxygens (including phenoxy) is 1. The van der Waals surface area contributed by atoms with Gasteiger partial charge in [0.1, 0.15) is 0 Å². The molecule has 2 rings (SSSR count). The second kappa shape index (κ2) is 9.84. The molecule has 6 nitrogen and oxygen atoms in total. The van der Waals surface area contributed by atoms with Crippen LogP contribution in [0.1, 0.15) is 37.7 Å². The predicted octanol–water partition coefficient (Wildman–Crippen LogP) is 3.05. The van der Waals surface area contributed by atoms with Gasteiger partial charge in [-0.2, -0.15) is 0 Å². The van der Waals surface area contributed by atoms with E-state index in [1.807, 2.05) is 0 Å². The highest BCUT2D eigenvalue weighted by molar-refractivity contribution is 6.30. The Morgan fingerprint density at radius 1 is 1.12 bits per heavy atom. The van der Waals surface area contributed by atoms with Crippen LogP contribution in [0.4, 0.5) is 4.79 Å². The van der Waals surface area contributed by atoms with Gasteiger partial charge in [0.05, 0.1) is 0 Å². The summed E-state index contributed by atoms with van der Waals surface area (Å²) in [5.41, 5.74) is 0.776. The number of urea groups is 1. The van der Waals surface area contributed by atoms with E-state index in [1.54, 1.807) is 30.3 Å². The lowest BCUT2D eigenvalue weighted by atomic mass is 9.96. The lowest BCUT2D eigenvalue weighted by Crippen LogP contribution is -2.46. The Bertz CT molecular complexity index is 637. The summed E-state index contributed by atoms with van der Waals surface area (Å²) in [7, 11) is 0. The van der Waals surface area contributed by atoms with Crippen LogP contribution in [-0.2, 0) is 14.3 Å². The van der Waals surface area contributed by atoms with E-state index in [2.05, 4.69) is 10.6 Å². The molecule has 1 saturated carbocycles. The number of rotatable bonds is 5. The van der Waals surface area contributed by atoms with E-state index in [0.29, 0.717) is 5.02 Å². The molecule has 1 fully saturated rings. The second-order valence-corrected chi connectivity index (χ2v) is 6.29. The number of amides is 3. The molecule has 0 saturated heterocycles. The maximum Gasteiger partial charge on any atom is 0.331 e. The minimum atomic E-state index is -0.669. The van der Waals surface area contributed by atoms with Gasteiger partial charge in [0.25, 0.3) is 5.91 Å². The first-order valence-electron chi connectivity index (χ1n) is 8.23. The highest BCUT2D eigenvalue weighted by Gasteiger charge is 2.17. The molecule has 2 N–H and O–H groups in total. The Hall–Kier alpha value is -2.34. The average molecular weight is 365 g/mol. The summed E-state index contributed by atoms with van der Waals surface area (Å²) >= 11 is 5.77. The highest BCUT2D eigenvalue weighted by Crippen LogP contribution is 2.17. The van der Waals surface area contributed by atoms with E-state index >= 15 is 0 Å². The number of imide groups is 1. The van der Waals surface area contributed by atoms with Crippen molar-refractivity contribution in [1.29, 1.82) is 0 Å². The van der Waals surface area contributed by atoms with Crippen LogP contribution in [0.25, 0.3) is 6.08 Å². The van der Waals surface area contributed by atoms with Crippen LogP contribution in [-0.4, -0.2) is 30.6 Å². The van der Waals surface area contributed by atoms with Gasteiger partial charge < -0.3 is 10.1 Å². The molecule has 25 heavy (non-hydrogen) atoms. The zero-order valence-electron chi connectivity index (χ0n) is 13.8. The zero-order chi connectivity index (χ0) is 18.1. The molecule has 1 aromatic carbocycles. The van der Waals surface area contributed by atoms with Crippen LogP contribution in [0.15, 0.2) is 30.3 Å². The lowest BCUT2D eigenvalue weighted by molar-refractivity contribution is -0.143. The van der Waals surface area contributed by atoms with Gasteiger partial charge in [0, 0.05) is 17.1 Å².